The molecule has 1 atom stereocenters. The monoisotopic (exact) mass is 190 g/mol. The Morgan fingerprint density at radius 1 is 1.60 bits per heavy atom. The SMILES string of the molecule is CCOS(=O)(=O)OS(=O)O. The molecule has 0 amide bonds. The second-order valence-corrected chi connectivity index (χ2v) is 3.13. The molecule has 0 aliphatic rings. The third-order valence-corrected chi connectivity index (χ3v) is 2.06. The van der Waals surface area contributed by atoms with Crippen molar-refractivity contribution >= 4 is 21.8 Å². The molecule has 8 heteroatoms. The minimum absolute atomic E-state index is 0.139. The van der Waals surface area contributed by atoms with Gasteiger partial charge in [-0.25, -0.2) is 4.18 Å². The predicted molar refractivity (Wildman–Crippen MR) is 32.4 cm³/mol. The summed E-state index contributed by atoms with van der Waals surface area (Å²) in [5, 5.41) is 0. The molecule has 0 saturated carbocycles. The minimum Gasteiger partial charge on any atom is -0.283 e. The Morgan fingerprint density at radius 2 is 2.10 bits per heavy atom. The molecule has 0 rings (SSSR count). The van der Waals surface area contributed by atoms with E-state index in [1.54, 1.807) is 0 Å². The molecule has 0 bridgehead atoms. The molecule has 62 valence electrons. The number of hydrogen-bond acceptors (Lipinski definition) is 5. The Labute approximate surface area is 61.0 Å². The minimum atomic E-state index is -4.28. The average molecular weight is 190 g/mol. The first-order valence-electron chi connectivity index (χ1n) is 2.18. The molecule has 0 aromatic rings. The fourth-order valence-electron chi connectivity index (χ4n) is 0.235. The van der Waals surface area contributed by atoms with Crippen LogP contribution >= 0.6 is 0 Å². The second kappa shape index (κ2) is 3.98. The van der Waals surface area contributed by atoms with Crippen molar-refractivity contribution in [3.63, 3.8) is 0 Å². The smallest absolute Gasteiger partial charge is 0.283 e. The molecule has 0 saturated heterocycles. The highest BCUT2D eigenvalue weighted by Gasteiger charge is 2.13. The number of rotatable bonds is 4. The summed E-state index contributed by atoms with van der Waals surface area (Å²) in [5.74, 6) is 0. The third kappa shape index (κ3) is 4.82. The Kier molecular flexibility index (Phi) is 3.98. The van der Waals surface area contributed by atoms with Gasteiger partial charge in [0.05, 0.1) is 6.61 Å². The van der Waals surface area contributed by atoms with Crippen LogP contribution in [0.5, 0.6) is 0 Å². The van der Waals surface area contributed by atoms with Crippen LogP contribution in [0, 0.1) is 0 Å². The normalized spacial score (nSPS) is 15.0. The zero-order chi connectivity index (χ0) is 8.20. The van der Waals surface area contributed by atoms with Crippen molar-refractivity contribution in [3.05, 3.63) is 0 Å². The van der Waals surface area contributed by atoms with Crippen molar-refractivity contribution in [2.24, 2.45) is 0 Å². The first kappa shape index (κ1) is 9.98. The summed E-state index contributed by atoms with van der Waals surface area (Å²) in [5.41, 5.74) is 0. The van der Waals surface area contributed by atoms with E-state index in [9.17, 15) is 12.6 Å². The molecule has 0 spiro atoms. The lowest BCUT2D eigenvalue weighted by atomic mass is 10.9. The summed E-state index contributed by atoms with van der Waals surface area (Å²) >= 11 is -2.85. The fourth-order valence-corrected chi connectivity index (χ4v) is 1.25. The van der Waals surface area contributed by atoms with E-state index < -0.39 is 21.8 Å². The topological polar surface area (TPSA) is 89.9 Å². The molecule has 6 nitrogen and oxygen atoms in total. The van der Waals surface area contributed by atoms with Gasteiger partial charge in [0.2, 0.25) is 0 Å². The standard InChI is InChI=1S/C2H6O6S2/c1-2-7-10(5,6)8-9(3)4/h2H2,1H3,(H,3,4). The van der Waals surface area contributed by atoms with Gasteiger partial charge in [0, 0.05) is 0 Å². The van der Waals surface area contributed by atoms with Crippen LogP contribution in [0.3, 0.4) is 0 Å². The Hall–Kier alpha value is -0.0200. The van der Waals surface area contributed by atoms with E-state index in [1.807, 2.05) is 0 Å². The molecule has 0 radical (unpaired) electrons. The van der Waals surface area contributed by atoms with Crippen LogP contribution in [0.25, 0.3) is 0 Å². The summed E-state index contributed by atoms with van der Waals surface area (Å²) < 4.78 is 45.5. The van der Waals surface area contributed by atoms with Crippen LogP contribution in [0.4, 0.5) is 0 Å². The maximum atomic E-state index is 10.2. The summed E-state index contributed by atoms with van der Waals surface area (Å²) in [6, 6.07) is 0. The maximum absolute atomic E-state index is 10.2. The molecular formula is C2H6O6S2. The lowest BCUT2D eigenvalue weighted by Gasteiger charge is -1.97. The summed E-state index contributed by atoms with van der Waals surface area (Å²) in [6.07, 6.45) is 0. The molecule has 10 heavy (non-hydrogen) atoms. The van der Waals surface area contributed by atoms with E-state index in [0.717, 1.165) is 0 Å². The highest BCUT2D eigenvalue weighted by atomic mass is 32.3. The predicted octanol–water partition coefficient (Wildman–Crippen LogP) is -0.579. The van der Waals surface area contributed by atoms with E-state index in [4.69, 9.17) is 4.55 Å². The molecule has 0 aromatic heterocycles. The van der Waals surface area contributed by atoms with Gasteiger partial charge >= 0.3 is 21.8 Å². The average Bonchev–Trinajstić information content (AvgIpc) is 1.59. The Morgan fingerprint density at radius 3 is 2.40 bits per heavy atom. The molecule has 1 unspecified atom stereocenters. The molecule has 0 aromatic carbocycles. The fraction of sp³-hybridized carbons (Fsp3) is 1.00. The highest BCUT2D eigenvalue weighted by Crippen LogP contribution is 1.96. The van der Waals surface area contributed by atoms with Crippen LogP contribution < -0.4 is 0 Å². The van der Waals surface area contributed by atoms with Crippen molar-refractivity contribution in [1.82, 2.24) is 0 Å². The van der Waals surface area contributed by atoms with Gasteiger partial charge in [0.25, 0.3) is 0 Å². The van der Waals surface area contributed by atoms with Gasteiger partial charge < -0.3 is 0 Å². The van der Waals surface area contributed by atoms with E-state index in [-0.39, 0.29) is 6.61 Å². The molecule has 1 N–H and O–H groups in total. The molecular weight excluding hydrogens is 184 g/mol. The second-order valence-electron chi connectivity index (χ2n) is 1.10. The quantitative estimate of drug-likeness (QED) is 0.596. The van der Waals surface area contributed by atoms with Crippen molar-refractivity contribution in [2.75, 3.05) is 6.61 Å². The highest BCUT2D eigenvalue weighted by molar-refractivity contribution is 7.92. The van der Waals surface area contributed by atoms with Crippen LogP contribution in [-0.4, -0.2) is 23.8 Å². The van der Waals surface area contributed by atoms with Gasteiger partial charge in [0.15, 0.2) is 0 Å². The van der Waals surface area contributed by atoms with Gasteiger partial charge in [-0.3, -0.25) is 4.55 Å². The molecule has 0 fully saturated rings. The molecule has 0 aliphatic carbocycles. The van der Waals surface area contributed by atoms with Crippen molar-refractivity contribution < 1.29 is 25.0 Å². The Bertz CT molecular complexity index is 204. The summed E-state index contributed by atoms with van der Waals surface area (Å²) in [4.78, 5) is 0. The van der Waals surface area contributed by atoms with Gasteiger partial charge in [-0.2, -0.15) is 12.6 Å². The van der Waals surface area contributed by atoms with E-state index in [0.29, 0.717) is 0 Å². The van der Waals surface area contributed by atoms with Gasteiger partial charge in [-0.15, -0.1) is 3.63 Å². The van der Waals surface area contributed by atoms with E-state index in [2.05, 4.69) is 7.81 Å². The Balaban J connectivity index is 4.02. The van der Waals surface area contributed by atoms with Crippen molar-refractivity contribution in [1.29, 1.82) is 0 Å². The third-order valence-electron chi connectivity index (χ3n) is 0.404. The summed E-state index contributed by atoms with van der Waals surface area (Å²) in [7, 11) is -4.28. The first-order valence-corrected chi connectivity index (χ1v) is 4.54. The number of hydrogen-bond donors (Lipinski definition) is 1. The van der Waals surface area contributed by atoms with Crippen LogP contribution in [0.15, 0.2) is 0 Å². The maximum Gasteiger partial charge on any atom is 0.414 e. The van der Waals surface area contributed by atoms with Crippen molar-refractivity contribution in [2.45, 2.75) is 6.92 Å². The first-order chi connectivity index (χ1) is 4.48. The van der Waals surface area contributed by atoms with Gasteiger partial charge in [-0.1, -0.05) is 0 Å². The zero-order valence-electron chi connectivity index (χ0n) is 5.01. The lowest BCUT2D eigenvalue weighted by molar-refractivity contribution is 0.287. The van der Waals surface area contributed by atoms with Gasteiger partial charge in [0.1, 0.15) is 0 Å². The van der Waals surface area contributed by atoms with E-state index >= 15 is 0 Å². The molecule has 0 aliphatic heterocycles. The van der Waals surface area contributed by atoms with Crippen molar-refractivity contribution in [3.8, 4) is 0 Å². The largest absolute Gasteiger partial charge is 0.414 e. The van der Waals surface area contributed by atoms with Gasteiger partial charge in [-0.05, 0) is 6.92 Å². The van der Waals surface area contributed by atoms with Crippen LogP contribution in [0.1, 0.15) is 6.92 Å². The zero-order valence-corrected chi connectivity index (χ0v) is 6.65. The molecule has 0 heterocycles. The van der Waals surface area contributed by atoms with Crippen LogP contribution in [0.2, 0.25) is 0 Å². The summed E-state index contributed by atoms with van der Waals surface area (Å²) in [6.45, 7) is 1.26. The van der Waals surface area contributed by atoms with E-state index in [1.165, 1.54) is 6.92 Å². The lowest BCUT2D eigenvalue weighted by Crippen LogP contribution is -2.10. The van der Waals surface area contributed by atoms with Crippen LogP contribution in [-0.2, 0) is 29.6 Å².